The Balaban J connectivity index is 1.91. The van der Waals surface area contributed by atoms with Crippen LogP contribution in [0.15, 0.2) is 41.3 Å². The van der Waals surface area contributed by atoms with Crippen molar-refractivity contribution >= 4 is 23.5 Å². The van der Waals surface area contributed by atoms with E-state index in [1.807, 2.05) is 0 Å². The van der Waals surface area contributed by atoms with Crippen molar-refractivity contribution in [3.63, 3.8) is 0 Å². The van der Waals surface area contributed by atoms with Crippen LogP contribution in [-0.4, -0.2) is 71.2 Å². The molecule has 2 aromatic rings. The van der Waals surface area contributed by atoms with Crippen molar-refractivity contribution in [2.45, 2.75) is 31.5 Å². The molecule has 0 saturated carbocycles. The molecule has 1 fully saturated rings. The predicted octanol–water partition coefficient (Wildman–Crippen LogP) is 3.25. The molecule has 2 aromatic heterocycles. The summed E-state index contributed by atoms with van der Waals surface area (Å²) in [7, 11) is 2.86. The molecule has 0 aliphatic carbocycles. The third-order valence-corrected chi connectivity index (χ3v) is 5.76. The molecule has 3 N–H and O–H groups in total. The standard InChI is InChI=1S/C23H26F5N7O2/c1-13-7-22(24,25)12-35(16(13)9-32-18-11-31-17(10-33-18)23(26,27)28)21(36)20(29)14(8-30-2)15-5-4-6-19(34-15)37-3/h4-6,8,10-11,13,16H,7,9,12,29H2,1-3H3,(H,32,33). The van der Waals surface area contributed by atoms with Gasteiger partial charge in [-0.15, -0.1) is 0 Å². The van der Waals surface area contributed by atoms with Crippen LogP contribution in [0.25, 0.3) is 5.57 Å². The Kier molecular flexibility index (Phi) is 8.28. The molecule has 2 unspecified atom stereocenters. The van der Waals surface area contributed by atoms with E-state index in [9.17, 15) is 26.7 Å². The average Bonchev–Trinajstić information content (AvgIpc) is 2.84. The number of nitrogens with one attached hydrogen (secondary N) is 1. The maximum Gasteiger partial charge on any atom is 0.434 e. The molecular formula is C23H26F5N7O2. The zero-order chi connectivity index (χ0) is 27.4. The van der Waals surface area contributed by atoms with Crippen molar-refractivity contribution < 1.29 is 31.5 Å². The quantitative estimate of drug-likeness (QED) is 0.322. The highest BCUT2D eigenvalue weighted by Gasteiger charge is 2.46. The number of allylic oxidation sites excluding steroid dienone is 1. The first-order chi connectivity index (χ1) is 17.4. The number of methoxy groups -OCH3 is 1. The van der Waals surface area contributed by atoms with Gasteiger partial charge in [0.25, 0.3) is 11.8 Å². The summed E-state index contributed by atoms with van der Waals surface area (Å²) in [6, 6.07) is 3.99. The van der Waals surface area contributed by atoms with Crippen molar-refractivity contribution in [2.24, 2.45) is 16.6 Å². The molecule has 0 spiro atoms. The summed E-state index contributed by atoms with van der Waals surface area (Å²) in [5, 5.41) is 2.78. The number of nitrogens with two attached hydrogens (primary N) is 1. The molecule has 0 radical (unpaired) electrons. The first-order valence-electron chi connectivity index (χ1n) is 11.1. The summed E-state index contributed by atoms with van der Waals surface area (Å²) in [5.74, 6) is -4.48. The lowest BCUT2D eigenvalue weighted by atomic mass is 9.88. The highest BCUT2D eigenvalue weighted by molar-refractivity contribution is 6.18. The van der Waals surface area contributed by atoms with Gasteiger partial charge >= 0.3 is 6.18 Å². The predicted molar refractivity (Wildman–Crippen MR) is 126 cm³/mol. The summed E-state index contributed by atoms with van der Waals surface area (Å²) in [4.78, 5) is 29.6. The van der Waals surface area contributed by atoms with E-state index in [0.717, 1.165) is 11.1 Å². The molecule has 9 nitrogen and oxygen atoms in total. The monoisotopic (exact) mass is 527 g/mol. The van der Waals surface area contributed by atoms with E-state index in [-0.39, 0.29) is 35.2 Å². The van der Waals surface area contributed by atoms with Crippen LogP contribution >= 0.6 is 0 Å². The fraction of sp³-hybridized carbons (Fsp3) is 0.435. The number of pyridine rings is 1. The van der Waals surface area contributed by atoms with E-state index >= 15 is 0 Å². The minimum Gasteiger partial charge on any atom is -0.481 e. The SMILES string of the molecule is CN=CC(=C(N)C(=O)N1CC(F)(F)CC(C)C1CNc1cnc(C(F)(F)F)cn1)c1cccc(OC)n1. The second kappa shape index (κ2) is 11.0. The summed E-state index contributed by atoms with van der Waals surface area (Å²) in [6.07, 6.45) is -2.41. The number of likely N-dealkylation sites (tertiary alicyclic amines) is 1. The number of carbonyl (C=O) groups is 1. The molecule has 0 aromatic carbocycles. The largest absolute Gasteiger partial charge is 0.481 e. The number of rotatable bonds is 7. The van der Waals surface area contributed by atoms with Gasteiger partial charge in [-0.25, -0.2) is 23.7 Å². The summed E-state index contributed by atoms with van der Waals surface area (Å²) in [5.41, 5.74) is 5.03. The van der Waals surface area contributed by atoms with Gasteiger partial charge in [0, 0.05) is 37.9 Å². The maximum absolute atomic E-state index is 14.5. The number of anilines is 1. The van der Waals surface area contributed by atoms with Crippen LogP contribution in [0.3, 0.4) is 0 Å². The van der Waals surface area contributed by atoms with Gasteiger partial charge in [-0.3, -0.25) is 9.79 Å². The molecule has 200 valence electrons. The number of ether oxygens (including phenoxy) is 1. The molecule has 3 heterocycles. The molecule has 1 aliphatic rings. The zero-order valence-corrected chi connectivity index (χ0v) is 20.3. The number of hydrogen-bond donors (Lipinski definition) is 2. The fourth-order valence-corrected chi connectivity index (χ4v) is 4.01. The molecule has 37 heavy (non-hydrogen) atoms. The van der Waals surface area contributed by atoms with E-state index in [1.54, 1.807) is 25.1 Å². The first kappa shape index (κ1) is 27.7. The van der Waals surface area contributed by atoms with Crippen molar-refractivity contribution in [2.75, 3.05) is 32.6 Å². The average molecular weight is 527 g/mol. The molecular weight excluding hydrogens is 501 g/mol. The first-order valence-corrected chi connectivity index (χ1v) is 11.1. The van der Waals surface area contributed by atoms with E-state index < -0.39 is 48.6 Å². The Hall–Kier alpha value is -3.84. The van der Waals surface area contributed by atoms with E-state index in [1.165, 1.54) is 20.4 Å². The van der Waals surface area contributed by atoms with Gasteiger partial charge in [-0.1, -0.05) is 13.0 Å². The number of hydrogen-bond acceptors (Lipinski definition) is 8. The highest BCUT2D eigenvalue weighted by Crippen LogP contribution is 2.35. The summed E-state index contributed by atoms with van der Waals surface area (Å²) in [6.45, 7) is 0.574. The second-order valence-electron chi connectivity index (χ2n) is 8.48. The van der Waals surface area contributed by atoms with Gasteiger partial charge in [0.05, 0.1) is 37.8 Å². The smallest absolute Gasteiger partial charge is 0.434 e. The number of amides is 1. The van der Waals surface area contributed by atoms with Gasteiger partial charge in [-0.2, -0.15) is 13.2 Å². The maximum atomic E-state index is 14.5. The second-order valence-corrected chi connectivity index (χ2v) is 8.48. The Labute approximate surface area is 209 Å². The normalized spacial score (nSPS) is 20.5. The van der Waals surface area contributed by atoms with Crippen molar-refractivity contribution in [1.82, 2.24) is 19.9 Å². The molecule has 1 saturated heterocycles. The fourth-order valence-electron chi connectivity index (χ4n) is 4.01. The Morgan fingerprint density at radius 3 is 2.65 bits per heavy atom. The summed E-state index contributed by atoms with van der Waals surface area (Å²) >= 11 is 0. The number of carbonyl (C=O) groups excluding carboxylic acids is 1. The number of piperidine rings is 1. The minimum atomic E-state index is -4.65. The molecule has 1 aliphatic heterocycles. The molecule has 1 amide bonds. The summed E-state index contributed by atoms with van der Waals surface area (Å²) < 4.78 is 72.4. The third kappa shape index (κ3) is 6.68. The Morgan fingerprint density at radius 1 is 1.32 bits per heavy atom. The number of halogens is 5. The number of aliphatic imine (C=N–C) groups is 1. The van der Waals surface area contributed by atoms with Crippen LogP contribution in [0.1, 0.15) is 24.7 Å². The minimum absolute atomic E-state index is 0.00664. The highest BCUT2D eigenvalue weighted by atomic mass is 19.4. The van der Waals surface area contributed by atoms with Gasteiger partial charge in [0.2, 0.25) is 5.88 Å². The van der Waals surface area contributed by atoms with Crippen LogP contribution in [-0.2, 0) is 11.0 Å². The Morgan fingerprint density at radius 2 is 2.05 bits per heavy atom. The molecule has 2 atom stereocenters. The zero-order valence-electron chi connectivity index (χ0n) is 20.3. The van der Waals surface area contributed by atoms with Gasteiger partial charge < -0.3 is 20.7 Å². The van der Waals surface area contributed by atoms with Crippen LogP contribution < -0.4 is 15.8 Å². The molecule has 14 heteroatoms. The number of alkyl halides is 5. The lowest BCUT2D eigenvalue weighted by Crippen LogP contribution is -2.58. The van der Waals surface area contributed by atoms with Crippen LogP contribution in [0.4, 0.5) is 27.8 Å². The van der Waals surface area contributed by atoms with Crippen molar-refractivity contribution in [1.29, 1.82) is 0 Å². The topological polar surface area (TPSA) is 119 Å². The lowest BCUT2D eigenvalue weighted by Gasteiger charge is -2.43. The van der Waals surface area contributed by atoms with E-state index in [0.29, 0.717) is 6.20 Å². The van der Waals surface area contributed by atoms with Gasteiger partial charge in [0.15, 0.2) is 5.69 Å². The van der Waals surface area contributed by atoms with Crippen LogP contribution in [0, 0.1) is 5.92 Å². The van der Waals surface area contributed by atoms with Crippen molar-refractivity contribution in [3.8, 4) is 5.88 Å². The molecule has 0 bridgehead atoms. The third-order valence-electron chi connectivity index (χ3n) is 5.76. The Bertz CT molecular complexity index is 1170. The van der Waals surface area contributed by atoms with Gasteiger partial charge in [0.1, 0.15) is 11.5 Å². The van der Waals surface area contributed by atoms with Crippen LogP contribution in [0.2, 0.25) is 0 Å². The van der Waals surface area contributed by atoms with Crippen LogP contribution in [0.5, 0.6) is 5.88 Å². The van der Waals surface area contributed by atoms with Crippen molar-refractivity contribution in [3.05, 3.63) is 47.7 Å². The lowest BCUT2D eigenvalue weighted by molar-refractivity contribution is -0.148. The van der Waals surface area contributed by atoms with E-state index in [4.69, 9.17) is 10.5 Å². The number of aromatic nitrogens is 3. The molecule has 3 rings (SSSR count). The number of nitrogens with zero attached hydrogens (tertiary/aromatic N) is 5. The van der Waals surface area contributed by atoms with Gasteiger partial charge in [-0.05, 0) is 12.0 Å². The van der Waals surface area contributed by atoms with E-state index in [2.05, 4.69) is 25.3 Å².